The maximum absolute atomic E-state index is 11.1. The monoisotopic (exact) mass is 461 g/mol. The molecular weight excluding hydrogens is 430 g/mol. The number of carbonyl (C=O) groups is 1. The number of hydrogen-bond acceptors (Lipinski definition) is 4. The first-order valence-electron chi connectivity index (χ1n) is 11.4. The Balaban J connectivity index is 1.42. The van der Waals surface area contributed by atoms with E-state index >= 15 is 0 Å². The molecule has 4 aromatic rings. The molecule has 0 aliphatic rings. The van der Waals surface area contributed by atoms with Crippen molar-refractivity contribution >= 4 is 39.0 Å². The highest BCUT2D eigenvalue weighted by atomic mass is 32.1. The number of amides is 1. The van der Waals surface area contributed by atoms with Gasteiger partial charge >= 0.3 is 0 Å². The van der Waals surface area contributed by atoms with E-state index in [1.807, 2.05) is 0 Å². The van der Waals surface area contributed by atoms with Gasteiger partial charge in [0.05, 0.1) is 13.2 Å². The van der Waals surface area contributed by atoms with Crippen molar-refractivity contribution < 1.29 is 9.53 Å². The molecule has 2 aromatic heterocycles. The van der Waals surface area contributed by atoms with Crippen molar-refractivity contribution in [3.8, 4) is 10.4 Å². The SMILES string of the molecule is C=CC(=O)NCCOCCNCc1ccc2c(c1)c1ccc(-c3cc(C)cs3)cc1n2CC. The Hall–Kier alpha value is -2.93. The second-order valence-corrected chi connectivity index (χ2v) is 9.01. The van der Waals surface area contributed by atoms with Crippen LogP contribution in [0.5, 0.6) is 0 Å². The molecule has 0 bridgehead atoms. The summed E-state index contributed by atoms with van der Waals surface area (Å²) in [7, 11) is 0. The summed E-state index contributed by atoms with van der Waals surface area (Å²) in [5.41, 5.74) is 6.42. The minimum atomic E-state index is -0.172. The fourth-order valence-electron chi connectivity index (χ4n) is 4.13. The Kier molecular flexibility index (Phi) is 7.60. The molecule has 0 atom stereocenters. The van der Waals surface area contributed by atoms with Gasteiger partial charge in [0.2, 0.25) is 5.91 Å². The van der Waals surface area contributed by atoms with E-state index in [2.05, 4.69) is 83.5 Å². The molecule has 2 N–H and O–H groups in total. The van der Waals surface area contributed by atoms with Crippen LogP contribution in [0.15, 0.2) is 60.5 Å². The third kappa shape index (κ3) is 5.36. The molecule has 5 nitrogen and oxygen atoms in total. The molecular formula is C27H31N3O2S. The number of carbonyl (C=O) groups excluding carboxylic acids is 1. The minimum Gasteiger partial charge on any atom is -0.378 e. The largest absolute Gasteiger partial charge is 0.378 e. The lowest BCUT2D eigenvalue weighted by atomic mass is 10.1. The number of hydrogen-bond donors (Lipinski definition) is 2. The molecule has 33 heavy (non-hydrogen) atoms. The smallest absolute Gasteiger partial charge is 0.243 e. The number of fused-ring (bicyclic) bond motifs is 3. The van der Waals surface area contributed by atoms with Crippen molar-refractivity contribution in [1.82, 2.24) is 15.2 Å². The molecule has 4 rings (SSSR count). The summed E-state index contributed by atoms with van der Waals surface area (Å²) in [6.45, 7) is 11.9. The Bertz CT molecular complexity index is 1270. The number of rotatable bonds is 11. The normalized spacial score (nSPS) is 11.3. The van der Waals surface area contributed by atoms with E-state index in [1.54, 1.807) is 11.3 Å². The van der Waals surface area contributed by atoms with Gasteiger partial charge in [0.15, 0.2) is 0 Å². The predicted octanol–water partition coefficient (Wildman–Crippen LogP) is 5.26. The summed E-state index contributed by atoms with van der Waals surface area (Å²) < 4.78 is 7.95. The molecule has 0 unspecified atom stereocenters. The molecule has 2 heterocycles. The zero-order valence-corrected chi connectivity index (χ0v) is 20.1. The first-order chi connectivity index (χ1) is 16.1. The van der Waals surface area contributed by atoms with Crippen LogP contribution in [0.25, 0.3) is 32.2 Å². The van der Waals surface area contributed by atoms with Gasteiger partial charge in [0.1, 0.15) is 0 Å². The summed E-state index contributed by atoms with van der Waals surface area (Å²) in [5, 5.41) is 11.0. The van der Waals surface area contributed by atoms with Crippen molar-refractivity contribution in [2.24, 2.45) is 0 Å². The van der Waals surface area contributed by atoms with E-state index in [-0.39, 0.29) is 5.91 Å². The van der Waals surface area contributed by atoms with Gasteiger partial charge in [0, 0.05) is 52.9 Å². The van der Waals surface area contributed by atoms with E-state index in [0.717, 1.165) is 19.6 Å². The topological polar surface area (TPSA) is 55.3 Å². The average molecular weight is 462 g/mol. The lowest BCUT2D eigenvalue weighted by Crippen LogP contribution is -2.26. The number of aryl methyl sites for hydroxylation is 2. The van der Waals surface area contributed by atoms with Crippen molar-refractivity contribution in [3.05, 3.63) is 71.6 Å². The minimum absolute atomic E-state index is 0.172. The Morgan fingerprint density at radius 3 is 2.70 bits per heavy atom. The van der Waals surface area contributed by atoms with Crippen molar-refractivity contribution in [2.45, 2.75) is 26.9 Å². The van der Waals surface area contributed by atoms with Crippen LogP contribution in [0, 0.1) is 6.92 Å². The van der Waals surface area contributed by atoms with Crippen LogP contribution < -0.4 is 10.6 Å². The maximum Gasteiger partial charge on any atom is 0.243 e. The van der Waals surface area contributed by atoms with Crippen molar-refractivity contribution in [2.75, 3.05) is 26.3 Å². The van der Waals surface area contributed by atoms with Crippen LogP contribution in [0.2, 0.25) is 0 Å². The first-order valence-corrected chi connectivity index (χ1v) is 12.3. The second kappa shape index (κ2) is 10.8. The van der Waals surface area contributed by atoms with Crippen LogP contribution in [-0.4, -0.2) is 36.8 Å². The molecule has 0 saturated carbocycles. The zero-order chi connectivity index (χ0) is 23.2. The number of thiophene rings is 1. The standard InChI is InChI=1S/C27H31N3O2S/c1-4-27(31)29-11-13-32-12-10-28-17-20-6-9-24-23(15-20)22-8-7-21(16-25(22)30(24)5-2)26-14-19(3)18-33-26/h4,6-9,14-16,18,28H,1,5,10-13,17H2,2-3H3,(H,29,31). The summed E-state index contributed by atoms with van der Waals surface area (Å²) in [5.74, 6) is -0.172. The zero-order valence-electron chi connectivity index (χ0n) is 19.3. The summed E-state index contributed by atoms with van der Waals surface area (Å²) in [4.78, 5) is 12.4. The maximum atomic E-state index is 11.1. The third-order valence-corrected chi connectivity index (χ3v) is 6.84. The molecule has 0 aliphatic heterocycles. The second-order valence-electron chi connectivity index (χ2n) is 8.10. The van der Waals surface area contributed by atoms with Gasteiger partial charge in [0.25, 0.3) is 0 Å². The van der Waals surface area contributed by atoms with Gasteiger partial charge < -0.3 is 19.9 Å². The Labute approximate surface area is 199 Å². The number of ether oxygens (including phenoxy) is 1. The molecule has 0 radical (unpaired) electrons. The highest BCUT2D eigenvalue weighted by molar-refractivity contribution is 7.13. The van der Waals surface area contributed by atoms with Gasteiger partial charge in [-0.05, 0) is 66.3 Å². The van der Waals surface area contributed by atoms with Gasteiger partial charge in [-0.2, -0.15) is 0 Å². The van der Waals surface area contributed by atoms with Gasteiger partial charge in [-0.1, -0.05) is 24.8 Å². The van der Waals surface area contributed by atoms with Crippen LogP contribution in [0.3, 0.4) is 0 Å². The summed E-state index contributed by atoms with van der Waals surface area (Å²) in [6.07, 6.45) is 1.26. The van der Waals surface area contributed by atoms with Gasteiger partial charge in [-0.3, -0.25) is 4.79 Å². The average Bonchev–Trinajstić information content (AvgIpc) is 3.40. The fourth-order valence-corrected chi connectivity index (χ4v) is 5.03. The highest BCUT2D eigenvalue weighted by Gasteiger charge is 2.12. The lowest BCUT2D eigenvalue weighted by molar-refractivity contribution is -0.116. The molecule has 172 valence electrons. The van der Waals surface area contributed by atoms with Crippen LogP contribution >= 0.6 is 11.3 Å². The Morgan fingerprint density at radius 1 is 1.09 bits per heavy atom. The Morgan fingerprint density at radius 2 is 1.94 bits per heavy atom. The van der Waals surface area contributed by atoms with Crippen molar-refractivity contribution in [3.63, 3.8) is 0 Å². The van der Waals surface area contributed by atoms with E-state index in [4.69, 9.17) is 4.74 Å². The number of nitrogens with zero attached hydrogens (tertiary/aromatic N) is 1. The lowest BCUT2D eigenvalue weighted by Gasteiger charge is -2.08. The first kappa shape index (κ1) is 23.2. The fraction of sp³-hybridized carbons (Fsp3) is 0.296. The number of aromatic nitrogens is 1. The molecule has 6 heteroatoms. The molecule has 0 aliphatic carbocycles. The summed E-state index contributed by atoms with van der Waals surface area (Å²) in [6, 6.07) is 15.8. The predicted molar refractivity (Wildman–Crippen MR) is 139 cm³/mol. The van der Waals surface area contributed by atoms with E-state index < -0.39 is 0 Å². The van der Waals surface area contributed by atoms with E-state index in [0.29, 0.717) is 19.8 Å². The molecule has 0 spiro atoms. The van der Waals surface area contributed by atoms with Crippen LogP contribution in [0.1, 0.15) is 18.1 Å². The van der Waals surface area contributed by atoms with Crippen LogP contribution in [0.4, 0.5) is 0 Å². The van der Waals surface area contributed by atoms with E-state index in [9.17, 15) is 4.79 Å². The van der Waals surface area contributed by atoms with Gasteiger partial charge in [-0.25, -0.2) is 0 Å². The molecule has 1 amide bonds. The van der Waals surface area contributed by atoms with Gasteiger partial charge in [-0.15, -0.1) is 11.3 Å². The number of benzene rings is 2. The number of nitrogens with one attached hydrogen (secondary N) is 2. The highest BCUT2D eigenvalue weighted by Crippen LogP contribution is 2.35. The third-order valence-electron chi connectivity index (χ3n) is 5.75. The summed E-state index contributed by atoms with van der Waals surface area (Å²) >= 11 is 1.80. The van der Waals surface area contributed by atoms with Crippen molar-refractivity contribution in [1.29, 1.82) is 0 Å². The van der Waals surface area contributed by atoms with E-state index in [1.165, 1.54) is 49.4 Å². The molecule has 0 saturated heterocycles. The van der Waals surface area contributed by atoms with Crippen LogP contribution in [-0.2, 0) is 22.6 Å². The molecule has 0 fully saturated rings. The molecule has 2 aromatic carbocycles. The quantitative estimate of drug-likeness (QED) is 0.237.